The van der Waals surface area contributed by atoms with Crippen molar-refractivity contribution in [1.82, 2.24) is 0 Å². The van der Waals surface area contributed by atoms with Gasteiger partial charge in [0.25, 0.3) is 5.91 Å². The van der Waals surface area contributed by atoms with Crippen LogP contribution in [0.2, 0.25) is 0 Å². The quantitative estimate of drug-likeness (QED) is 0.882. The van der Waals surface area contributed by atoms with E-state index in [2.05, 4.69) is 10.6 Å². The number of hydrogen-bond donors (Lipinski definition) is 2. The van der Waals surface area contributed by atoms with Gasteiger partial charge in [-0.25, -0.2) is 4.39 Å². The number of nitrogens with one attached hydrogen (secondary N) is 2. The van der Waals surface area contributed by atoms with Gasteiger partial charge in [0.15, 0.2) is 0 Å². The average Bonchev–Trinajstić information content (AvgIpc) is 3.16. The molecular weight excluding hydrogens is 307 g/mol. The molecule has 0 unspecified atom stereocenters. The van der Waals surface area contributed by atoms with Crippen molar-refractivity contribution in [2.45, 2.75) is 31.1 Å². The van der Waals surface area contributed by atoms with Gasteiger partial charge in [-0.3, -0.25) is 9.59 Å². The van der Waals surface area contributed by atoms with E-state index < -0.39 is 11.2 Å². The smallest absolute Gasteiger partial charge is 0.255 e. The van der Waals surface area contributed by atoms with Crippen molar-refractivity contribution in [3.05, 3.63) is 59.4 Å². The summed E-state index contributed by atoms with van der Waals surface area (Å²) >= 11 is 0. The minimum Gasteiger partial charge on any atom is -0.325 e. The van der Waals surface area contributed by atoms with Gasteiger partial charge in [0.05, 0.1) is 5.41 Å². The Balaban J connectivity index is 1.64. The molecule has 122 valence electrons. The summed E-state index contributed by atoms with van der Waals surface area (Å²) < 4.78 is 13.3. The summed E-state index contributed by atoms with van der Waals surface area (Å²) in [5.74, 6) is -0.757. The molecule has 24 heavy (non-hydrogen) atoms. The number of amides is 2. The van der Waals surface area contributed by atoms with Crippen LogP contribution in [0.4, 0.5) is 15.8 Å². The van der Waals surface area contributed by atoms with Crippen molar-refractivity contribution < 1.29 is 14.0 Å². The molecule has 1 aliphatic heterocycles. The highest BCUT2D eigenvalue weighted by Crippen LogP contribution is 2.49. The number of halogens is 1. The average molecular weight is 324 g/mol. The lowest BCUT2D eigenvalue weighted by Gasteiger charge is -2.21. The first-order chi connectivity index (χ1) is 11.6. The van der Waals surface area contributed by atoms with Crippen LogP contribution in [0.15, 0.2) is 42.5 Å². The maximum absolute atomic E-state index is 13.3. The number of fused-ring (bicyclic) bond motifs is 2. The van der Waals surface area contributed by atoms with E-state index in [1.165, 1.54) is 18.2 Å². The van der Waals surface area contributed by atoms with Crippen LogP contribution in [-0.2, 0) is 10.2 Å². The van der Waals surface area contributed by atoms with Crippen molar-refractivity contribution in [2.75, 3.05) is 10.6 Å². The number of benzene rings is 2. The van der Waals surface area contributed by atoms with Gasteiger partial charge in [-0.2, -0.15) is 0 Å². The summed E-state index contributed by atoms with van der Waals surface area (Å²) in [4.78, 5) is 24.7. The Morgan fingerprint density at radius 2 is 1.92 bits per heavy atom. The molecule has 4 rings (SSSR count). The Morgan fingerprint density at radius 3 is 2.67 bits per heavy atom. The number of rotatable bonds is 2. The van der Waals surface area contributed by atoms with E-state index in [4.69, 9.17) is 0 Å². The highest BCUT2D eigenvalue weighted by atomic mass is 19.1. The second-order valence-electron chi connectivity index (χ2n) is 6.47. The summed E-state index contributed by atoms with van der Waals surface area (Å²) in [7, 11) is 0. The molecule has 1 saturated carbocycles. The lowest BCUT2D eigenvalue weighted by Crippen LogP contribution is -2.31. The third kappa shape index (κ3) is 2.28. The standard InChI is InChI=1S/C19H17FN2O2/c20-13-5-3-4-12(10-13)17(23)21-14-6-7-16-15(11-14)19(18(24)22-16)8-1-2-9-19/h3-7,10-11H,1-2,8-9H2,(H,21,23)(H,22,24). The lowest BCUT2D eigenvalue weighted by atomic mass is 9.80. The number of carbonyl (C=O) groups is 2. The van der Waals surface area contributed by atoms with Crippen molar-refractivity contribution in [3.63, 3.8) is 0 Å². The second-order valence-corrected chi connectivity index (χ2v) is 6.47. The molecule has 2 aromatic rings. The fourth-order valence-corrected chi connectivity index (χ4v) is 3.80. The molecule has 4 nitrogen and oxygen atoms in total. The van der Waals surface area contributed by atoms with E-state index in [0.29, 0.717) is 5.69 Å². The Kier molecular flexibility index (Phi) is 3.37. The molecule has 2 N–H and O–H groups in total. The molecule has 0 atom stereocenters. The van der Waals surface area contributed by atoms with E-state index in [1.54, 1.807) is 12.1 Å². The minimum absolute atomic E-state index is 0.0589. The Hall–Kier alpha value is -2.69. The molecule has 2 amide bonds. The third-order valence-electron chi connectivity index (χ3n) is 5.02. The number of carbonyl (C=O) groups excluding carboxylic acids is 2. The normalized spacial score (nSPS) is 17.6. The zero-order valence-electron chi connectivity index (χ0n) is 13.1. The van der Waals surface area contributed by atoms with Crippen LogP contribution in [0, 0.1) is 5.82 Å². The van der Waals surface area contributed by atoms with E-state index in [-0.39, 0.29) is 17.4 Å². The van der Waals surface area contributed by atoms with Gasteiger partial charge in [-0.15, -0.1) is 0 Å². The predicted molar refractivity (Wildman–Crippen MR) is 89.6 cm³/mol. The van der Waals surface area contributed by atoms with Crippen LogP contribution < -0.4 is 10.6 Å². The first-order valence-corrected chi connectivity index (χ1v) is 8.11. The molecule has 5 heteroatoms. The fraction of sp³-hybridized carbons (Fsp3) is 0.263. The highest BCUT2D eigenvalue weighted by molar-refractivity contribution is 6.08. The predicted octanol–water partition coefficient (Wildman–Crippen LogP) is 3.84. The molecule has 0 saturated heterocycles. The Morgan fingerprint density at radius 1 is 1.12 bits per heavy atom. The van der Waals surface area contributed by atoms with E-state index in [1.807, 2.05) is 12.1 Å². The molecule has 0 bridgehead atoms. The molecule has 0 radical (unpaired) electrons. The van der Waals surface area contributed by atoms with Crippen LogP contribution in [0.25, 0.3) is 0 Å². The maximum atomic E-state index is 13.3. The number of hydrogen-bond acceptors (Lipinski definition) is 2. The van der Waals surface area contributed by atoms with Gasteiger partial charge in [-0.1, -0.05) is 18.9 Å². The molecule has 2 aromatic carbocycles. The van der Waals surface area contributed by atoms with Crippen LogP contribution in [-0.4, -0.2) is 11.8 Å². The largest absolute Gasteiger partial charge is 0.325 e. The van der Waals surface area contributed by atoms with E-state index in [0.717, 1.165) is 36.9 Å². The van der Waals surface area contributed by atoms with Crippen LogP contribution in [0.1, 0.15) is 41.6 Å². The lowest BCUT2D eigenvalue weighted by molar-refractivity contribution is -0.120. The zero-order chi connectivity index (χ0) is 16.7. The summed E-state index contributed by atoms with van der Waals surface area (Å²) in [6.07, 6.45) is 3.75. The summed E-state index contributed by atoms with van der Waals surface area (Å²) in [5, 5.41) is 5.74. The Bertz CT molecular complexity index is 841. The highest BCUT2D eigenvalue weighted by Gasteiger charge is 2.48. The second kappa shape index (κ2) is 5.44. The summed E-state index contributed by atoms with van der Waals surface area (Å²) in [6.45, 7) is 0. The van der Waals surface area contributed by atoms with Crippen LogP contribution in [0.5, 0.6) is 0 Å². The van der Waals surface area contributed by atoms with Crippen molar-refractivity contribution in [3.8, 4) is 0 Å². The van der Waals surface area contributed by atoms with Gasteiger partial charge < -0.3 is 10.6 Å². The van der Waals surface area contributed by atoms with E-state index in [9.17, 15) is 14.0 Å². The van der Waals surface area contributed by atoms with Crippen molar-refractivity contribution in [2.24, 2.45) is 0 Å². The summed E-state index contributed by atoms with van der Waals surface area (Å²) in [5.41, 5.74) is 2.22. The summed E-state index contributed by atoms with van der Waals surface area (Å²) in [6, 6.07) is 11.0. The van der Waals surface area contributed by atoms with Gasteiger partial charge in [0, 0.05) is 16.9 Å². The third-order valence-corrected chi connectivity index (χ3v) is 5.02. The molecule has 2 aliphatic rings. The molecule has 1 heterocycles. The molecule has 1 aliphatic carbocycles. The zero-order valence-corrected chi connectivity index (χ0v) is 13.1. The van der Waals surface area contributed by atoms with E-state index >= 15 is 0 Å². The molecule has 1 spiro atoms. The van der Waals surface area contributed by atoms with Crippen LogP contribution >= 0.6 is 0 Å². The fourth-order valence-electron chi connectivity index (χ4n) is 3.80. The Labute approximate surface area is 139 Å². The molecule has 1 fully saturated rings. The SMILES string of the molecule is O=C(Nc1ccc2c(c1)C1(CCCC1)C(=O)N2)c1cccc(F)c1. The van der Waals surface area contributed by atoms with Gasteiger partial charge in [0.1, 0.15) is 5.82 Å². The van der Waals surface area contributed by atoms with Crippen molar-refractivity contribution in [1.29, 1.82) is 0 Å². The first-order valence-electron chi connectivity index (χ1n) is 8.11. The minimum atomic E-state index is -0.449. The van der Waals surface area contributed by atoms with Crippen LogP contribution in [0.3, 0.4) is 0 Å². The topological polar surface area (TPSA) is 58.2 Å². The first kappa shape index (κ1) is 14.9. The maximum Gasteiger partial charge on any atom is 0.255 e. The molecule has 0 aromatic heterocycles. The van der Waals surface area contributed by atoms with Crippen molar-refractivity contribution >= 4 is 23.2 Å². The van der Waals surface area contributed by atoms with Gasteiger partial charge in [-0.05, 0) is 54.8 Å². The molecular formula is C19H17FN2O2. The number of anilines is 2. The monoisotopic (exact) mass is 324 g/mol. The van der Waals surface area contributed by atoms with Gasteiger partial charge >= 0.3 is 0 Å². The van der Waals surface area contributed by atoms with Gasteiger partial charge in [0.2, 0.25) is 5.91 Å².